The summed E-state index contributed by atoms with van der Waals surface area (Å²) in [5, 5.41) is 0. The van der Waals surface area contributed by atoms with E-state index in [1.165, 1.54) is 13.2 Å². The number of methoxy groups -OCH3 is 1. The molecule has 0 radical (unpaired) electrons. The molecular weight excluding hydrogens is 338 g/mol. The highest BCUT2D eigenvalue weighted by Gasteiger charge is 2.28. The van der Waals surface area contributed by atoms with Gasteiger partial charge in [0.15, 0.2) is 11.6 Å². The van der Waals surface area contributed by atoms with Crippen molar-refractivity contribution in [2.24, 2.45) is 5.92 Å². The molecule has 2 fully saturated rings. The highest BCUT2D eigenvalue weighted by atomic mass is 19.2. The molecule has 2 atom stereocenters. The van der Waals surface area contributed by atoms with Crippen molar-refractivity contribution in [2.45, 2.75) is 56.7 Å². The predicted octanol–water partition coefficient (Wildman–Crippen LogP) is 5.00. The lowest BCUT2D eigenvalue weighted by atomic mass is 9.82. The van der Waals surface area contributed by atoms with Gasteiger partial charge in [-0.05, 0) is 56.1 Å². The number of benzene rings is 1. The zero-order valence-electron chi connectivity index (χ0n) is 15.4. The molecule has 1 saturated carbocycles. The SMILES string of the molecule is C=CC1CCC(COC2CCC(c3ccc(OC)c(F)c3F)CC2)OC1. The molecule has 0 spiro atoms. The van der Waals surface area contributed by atoms with Crippen LogP contribution in [0.1, 0.15) is 50.0 Å². The van der Waals surface area contributed by atoms with Crippen molar-refractivity contribution in [1.82, 2.24) is 0 Å². The third-order valence-corrected chi connectivity index (χ3v) is 5.67. The van der Waals surface area contributed by atoms with E-state index >= 15 is 0 Å². The molecule has 0 amide bonds. The van der Waals surface area contributed by atoms with Gasteiger partial charge in [-0.1, -0.05) is 12.1 Å². The quantitative estimate of drug-likeness (QED) is 0.663. The Morgan fingerprint density at radius 1 is 1.12 bits per heavy atom. The third kappa shape index (κ3) is 4.44. The summed E-state index contributed by atoms with van der Waals surface area (Å²) in [6.07, 6.45) is 7.73. The van der Waals surface area contributed by atoms with Crippen LogP contribution in [0, 0.1) is 17.6 Å². The highest BCUT2D eigenvalue weighted by Crippen LogP contribution is 2.37. The maximum Gasteiger partial charge on any atom is 0.200 e. The first-order chi connectivity index (χ1) is 12.6. The molecular formula is C21H28F2O3. The van der Waals surface area contributed by atoms with Gasteiger partial charge in [-0.3, -0.25) is 0 Å². The fourth-order valence-electron chi connectivity index (χ4n) is 3.95. The van der Waals surface area contributed by atoms with E-state index in [2.05, 4.69) is 6.58 Å². The van der Waals surface area contributed by atoms with Crippen LogP contribution >= 0.6 is 0 Å². The van der Waals surface area contributed by atoms with Crippen molar-refractivity contribution in [2.75, 3.05) is 20.3 Å². The first-order valence-electron chi connectivity index (χ1n) is 9.50. The van der Waals surface area contributed by atoms with Crippen molar-refractivity contribution < 1.29 is 23.0 Å². The second-order valence-electron chi connectivity index (χ2n) is 7.32. The van der Waals surface area contributed by atoms with E-state index in [-0.39, 0.29) is 23.9 Å². The van der Waals surface area contributed by atoms with Crippen LogP contribution in [0.5, 0.6) is 5.75 Å². The van der Waals surface area contributed by atoms with Crippen LogP contribution in [-0.4, -0.2) is 32.5 Å². The average Bonchev–Trinajstić information content (AvgIpc) is 2.69. The number of ether oxygens (including phenoxy) is 3. The first kappa shape index (κ1) is 19.3. The first-order valence-corrected chi connectivity index (χ1v) is 9.50. The van der Waals surface area contributed by atoms with Crippen molar-refractivity contribution in [1.29, 1.82) is 0 Å². The Morgan fingerprint density at radius 2 is 1.88 bits per heavy atom. The number of halogens is 2. The van der Waals surface area contributed by atoms with Crippen molar-refractivity contribution in [3.05, 3.63) is 42.0 Å². The van der Waals surface area contributed by atoms with Gasteiger partial charge in [-0.15, -0.1) is 6.58 Å². The Kier molecular flexibility index (Phi) is 6.65. The molecule has 2 aliphatic rings. The van der Waals surface area contributed by atoms with Gasteiger partial charge >= 0.3 is 0 Å². The molecule has 26 heavy (non-hydrogen) atoms. The minimum Gasteiger partial charge on any atom is -0.494 e. The van der Waals surface area contributed by atoms with E-state index in [9.17, 15) is 8.78 Å². The molecule has 3 nitrogen and oxygen atoms in total. The van der Waals surface area contributed by atoms with Crippen LogP contribution in [0.3, 0.4) is 0 Å². The molecule has 0 aromatic heterocycles. The smallest absolute Gasteiger partial charge is 0.200 e. The summed E-state index contributed by atoms with van der Waals surface area (Å²) in [5.74, 6) is -1.22. The van der Waals surface area contributed by atoms with Gasteiger partial charge in [-0.2, -0.15) is 4.39 Å². The lowest BCUT2D eigenvalue weighted by molar-refractivity contribution is -0.0795. The number of hydrogen-bond donors (Lipinski definition) is 0. The predicted molar refractivity (Wildman–Crippen MR) is 96.5 cm³/mol. The molecule has 144 valence electrons. The summed E-state index contributed by atoms with van der Waals surface area (Å²) in [4.78, 5) is 0. The van der Waals surface area contributed by atoms with E-state index in [1.54, 1.807) is 6.07 Å². The molecule has 5 heteroatoms. The second kappa shape index (κ2) is 8.96. The van der Waals surface area contributed by atoms with Crippen molar-refractivity contribution >= 4 is 0 Å². The normalized spacial score (nSPS) is 29.3. The second-order valence-corrected chi connectivity index (χ2v) is 7.32. The van der Waals surface area contributed by atoms with E-state index < -0.39 is 11.6 Å². The summed E-state index contributed by atoms with van der Waals surface area (Å²) in [7, 11) is 1.34. The van der Waals surface area contributed by atoms with Crippen LogP contribution in [0.15, 0.2) is 24.8 Å². The van der Waals surface area contributed by atoms with E-state index in [0.29, 0.717) is 18.1 Å². The van der Waals surface area contributed by atoms with Gasteiger partial charge in [0.1, 0.15) is 0 Å². The van der Waals surface area contributed by atoms with Gasteiger partial charge in [0.05, 0.1) is 32.5 Å². The zero-order chi connectivity index (χ0) is 18.5. The minimum absolute atomic E-state index is 0.0366. The Balaban J connectivity index is 1.46. The summed E-state index contributed by atoms with van der Waals surface area (Å²) >= 11 is 0. The van der Waals surface area contributed by atoms with E-state index in [0.717, 1.165) is 45.1 Å². The molecule has 0 N–H and O–H groups in total. The third-order valence-electron chi connectivity index (χ3n) is 5.67. The van der Waals surface area contributed by atoms with Crippen molar-refractivity contribution in [3.8, 4) is 5.75 Å². The molecule has 1 saturated heterocycles. The lowest BCUT2D eigenvalue weighted by Crippen LogP contribution is -2.31. The van der Waals surface area contributed by atoms with Gasteiger partial charge in [0.2, 0.25) is 5.82 Å². The monoisotopic (exact) mass is 366 g/mol. The zero-order valence-corrected chi connectivity index (χ0v) is 15.4. The van der Waals surface area contributed by atoms with E-state index in [4.69, 9.17) is 14.2 Å². The standard InChI is InChI=1S/C21H28F2O3/c1-3-14-4-7-17(25-12-14)13-26-16-8-5-15(6-9-16)18-10-11-19(24-2)21(23)20(18)22/h3,10-11,14-17H,1,4-9,12-13H2,2H3. The molecule has 1 aromatic rings. The van der Waals surface area contributed by atoms with Gasteiger partial charge in [0.25, 0.3) is 0 Å². The summed E-state index contributed by atoms with van der Waals surface area (Å²) < 4.78 is 44.9. The Bertz CT molecular complexity index is 604. The molecule has 2 unspecified atom stereocenters. The highest BCUT2D eigenvalue weighted by molar-refractivity contribution is 5.33. The number of rotatable bonds is 6. The van der Waals surface area contributed by atoms with Crippen LogP contribution in [0.25, 0.3) is 0 Å². The van der Waals surface area contributed by atoms with Crippen LogP contribution in [0.2, 0.25) is 0 Å². The molecule has 3 rings (SSSR count). The topological polar surface area (TPSA) is 27.7 Å². The minimum atomic E-state index is -0.893. The molecule has 1 aliphatic heterocycles. The largest absolute Gasteiger partial charge is 0.494 e. The molecule has 0 bridgehead atoms. The van der Waals surface area contributed by atoms with Crippen molar-refractivity contribution in [3.63, 3.8) is 0 Å². The summed E-state index contributed by atoms with van der Waals surface area (Å²) in [6.45, 7) is 5.16. The van der Waals surface area contributed by atoms with E-state index in [1.807, 2.05) is 6.08 Å². The van der Waals surface area contributed by atoms with Crippen LogP contribution in [0.4, 0.5) is 8.78 Å². The maximum atomic E-state index is 14.3. The van der Waals surface area contributed by atoms with Gasteiger partial charge in [-0.25, -0.2) is 4.39 Å². The van der Waals surface area contributed by atoms with Crippen LogP contribution in [-0.2, 0) is 9.47 Å². The fourth-order valence-corrected chi connectivity index (χ4v) is 3.95. The molecule has 1 aliphatic carbocycles. The van der Waals surface area contributed by atoms with Gasteiger partial charge in [0, 0.05) is 5.92 Å². The summed E-state index contributed by atoms with van der Waals surface area (Å²) in [6, 6.07) is 3.16. The molecule has 1 aromatic carbocycles. The Morgan fingerprint density at radius 3 is 2.50 bits per heavy atom. The Labute approximate surface area is 154 Å². The summed E-state index contributed by atoms with van der Waals surface area (Å²) in [5.41, 5.74) is 0.452. The van der Waals surface area contributed by atoms with Gasteiger partial charge < -0.3 is 14.2 Å². The maximum absolute atomic E-state index is 14.3. The lowest BCUT2D eigenvalue weighted by Gasteiger charge is -2.32. The Hall–Kier alpha value is -1.46. The number of hydrogen-bond acceptors (Lipinski definition) is 3. The molecule has 1 heterocycles. The average molecular weight is 366 g/mol. The van der Waals surface area contributed by atoms with Crippen LogP contribution < -0.4 is 4.74 Å². The fraction of sp³-hybridized carbons (Fsp3) is 0.619.